The quantitative estimate of drug-likeness (QED) is 0.177. The third-order valence-corrected chi connectivity index (χ3v) is 8.47. The molecule has 0 radical (unpaired) electrons. The van der Waals surface area contributed by atoms with Gasteiger partial charge in [-0.1, -0.05) is 26.0 Å². The van der Waals surface area contributed by atoms with Crippen molar-refractivity contribution in [3.05, 3.63) is 104 Å². The second-order valence-electron chi connectivity index (χ2n) is 11.5. The van der Waals surface area contributed by atoms with Crippen LogP contribution in [0.25, 0.3) is 0 Å². The Balaban J connectivity index is 1.55. The van der Waals surface area contributed by atoms with Crippen molar-refractivity contribution >= 4 is 34.4 Å². The van der Waals surface area contributed by atoms with Crippen LogP contribution in [-0.4, -0.2) is 53.6 Å². The van der Waals surface area contributed by atoms with Gasteiger partial charge in [-0.3, -0.25) is 9.59 Å². The summed E-state index contributed by atoms with van der Waals surface area (Å²) < 4.78 is 29.2. The van der Waals surface area contributed by atoms with Gasteiger partial charge in [-0.05, 0) is 121 Å². The van der Waals surface area contributed by atoms with Crippen LogP contribution in [-0.2, 0) is 12.0 Å². The fourth-order valence-electron chi connectivity index (χ4n) is 5.51. The molecule has 1 aliphatic carbocycles. The van der Waals surface area contributed by atoms with Gasteiger partial charge in [-0.25, -0.2) is 8.78 Å². The van der Waals surface area contributed by atoms with Gasteiger partial charge in [-0.15, -0.1) is 0 Å². The van der Waals surface area contributed by atoms with E-state index >= 15 is 0 Å². The van der Waals surface area contributed by atoms with E-state index in [1.165, 1.54) is 12.1 Å². The molecule has 4 rings (SSSR count). The number of benzene rings is 3. The van der Waals surface area contributed by atoms with E-state index in [0.29, 0.717) is 24.2 Å². The lowest BCUT2D eigenvalue weighted by Crippen LogP contribution is -2.50. The van der Waals surface area contributed by atoms with Gasteiger partial charge in [0.15, 0.2) is 0 Å². The van der Waals surface area contributed by atoms with Gasteiger partial charge in [0.1, 0.15) is 11.6 Å². The SMILES string of the molecule is CCCN(CCC)C(=O)c1cc(C)cc(C(=O)N[C@@H](Cc2cc(F)cc(F)c2)[C@H](O)CNC2(c3cccc(I)c3)CC2)c1. The van der Waals surface area contributed by atoms with Crippen molar-refractivity contribution in [2.75, 3.05) is 19.6 Å². The summed E-state index contributed by atoms with van der Waals surface area (Å²) in [7, 11) is 0. The largest absolute Gasteiger partial charge is 0.390 e. The Hall–Kier alpha value is -2.89. The van der Waals surface area contributed by atoms with Crippen molar-refractivity contribution in [2.24, 2.45) is 0 Å². The summed E-state index contributed by atoms with van der Waals surface area (Å²) in [6.07, 6.45) is 2.43. The smallest absolute Gasteiger partial charge is 0.253 e. The topological polar surface area (TPSA) is 81.7 Å². The Morgan fingerprint density at radius 2 is 1.63 bits per heavy atom. The Bertz CT molecular complexity index is 1420. The maximum absolute atomic E-state index is 14.0. The molecule has 3 aromatic carbocycles. The van der Waals surface area contributed by atoms with Gasteiger partial charge in [0.2, 0.25) is 0 Å². The van der Waals surface area contributed by atoms with Crippen LogP contribution in [0.3, 0.4) is 0 Å². The number of nitrogens with one attached hydrogen (secondary N) is 2. The Kier molecular flexibility index (Phi) is 11.3. The predicted octanol–water partition coefficient (Wildman–Crippen LogP) is 6.12. The molecule has 2 amide bonds. The molecule has 0 aliphatic heterocycles. The fraction of sp³-hybridized carbons (Fsp3) is 0.412. The lowest BCUT2D eigenvalue weighted by atomic mass is 9.98. The van der Waals surface area contributed by atoms with Crippen molar-refractivity contribution in [1.82, 2.24) is 15.5 Å². The summed E-state index contributed by atoms with van der Waals surface area (Å²) in [6, 6.07) is 15.6. The maximum atomic E-state index is 14.0. The molecule has 1 saturated carbocycles. The number of carbonyl (C=O) groups is 2. The molecular formula is C34H40F2IN3O3. The van der Waals surface area contributed by atoms with Gasteiger partial charge < -0.3 is 20.6 Å². The van der Waals surface area contributed by atoms with Crippen LogP contribution >= 0.6 is 22.6 Å². The molecule has 230 valence electrons. The van der Waals surface area contributed by atoms with Crippen LogP contribution in [0.5, 0.6) is 0 Å². The van der Waals surface area contributed by atoms with Gasteiger partial charge in [0.25, 0.3) is 11.8 Å². The highest BCUT2D eigenvalue weighted by Crippen LogP contribution is 2.45. The molecule has 43 heavy (non-hydrogen) atoms. The van der Waals surface area contributed by atoms with Gasteiger partial charge in [0, 0.05) is 45.9 Å². The molecule has 0 bridgehead atoms. The zero-order chi connectivity index (χ0) is 31.1. The summed E-state index contributed by atoms with van der Waals surface area (Å²) in [6.45, 7) is 7.26. The number of rotatable bonds is 14. The zero-order valence-electron chi connectivity index (χ0n) is 24.9. The summed E-state index contributed by atoms with van der Waals surface area (Å²) >= 11 is 2.27. The summed E-state index contributed by atoms with van der Waals surface area (Å²) in [5.41, 5.74) is 2.65. The normalized spacial score (nSPS) is 15.0. The maximum Gasteiger partial charge on any atom is 0.253 e. The van der Waals surface area contributed by atoms with E-state index in [9.17, 15) is 23.5 Å². The van der Waals surface area contributed by atoms with Gasteiger partial charge in [0.05, 0.1) is 12.1 Å². The number of nitrogens with zero attached hydrogens (tertiary/aromatic N) is 1. The third kappa shape index (κ3) is 8.83. The number of hydrogen-bond donors (Lipinski definition) is 3. The van der Waals surface area contributed by atoms with Crippen LogP contribution < -0.4 is 10.6 Å². The number of aryl methyl sites for hydroxylation is 1. The first-order valence-corrected chi connectivity index (χ1v) is 16.0. The molecule has 0 unspecified atom stereocenters. The third-order valence-electron chi connectivity index (χ3n) is 7.80. The van der Waals surface area contributed by atoms with Crippen LogP contribution in [0.15, 0.2) is 60.7 Å². The number of hydrogen-bond acceptors (Lipinski definition) is 4. The molecule has 0 heterocycles. The van der Waals surface area contributed by atoms with Crippen molar-refractivity contribution in [3.63, 3.8) is 0 Å². The Morgan fingerprint density at radius 3 is 2.23 bits per heavy atom. The number of amides is 2. The van der Waals surface area contributed by atoms with Gasteiger partial charge in [-0.2, -0.15) is 0 Å². The Morgan fingerprint density at radius 1 is 0.977 bits per heavy atom. The van der Waals surface area contributed by atoms with Gasteiger partial charge >= 0.3 is 0 Å². The lowest BCUT2D eigenvalue weighted by molar-refractivity contribution is 0.0755. The lowest BCUT2D eigenvalue weighted by Gasteiger charge is -2.27. The van der Waals surface area contributed by atoms with Crippen molar-refractivity contribution in [3.8, 4) is 0 Å². The molecule has 1 fully saturated rings. The van der Waals surface area contributed by atoms with Crippen LogP contribution in [0.4, 0.5) is 8.78 Å². The van der Waals surface area contributed by atoms with Crippen LogP contribution in [0.1, 0.15) is 76.9 Å². The van der Waals surface area contributed by atoms with E-state index in [1.807, 2.05) is 32.9 Å². The molecule has 0 spiro atoms. The number of aliphatic hydroxyl groups is 1. The average molecular weight is 704 g/mol. The first kappa shape index (κ1) is 33.0. The van der Waals surface area contributed by atoms with Crippen molar-refractivity contribution in [1.29, 1.82) is 0 Å². The van der Waals surface area contributed by atoms with E-state index in [4.69, 9.17) is 0 Å². The zero-order valence-corrected chi connectivity index (χ0v) is 27.1. The van der Waals surface area contributed by atoms with Crippen molar-refractivity contribution < 1.29 is 23.5 Å². The summed E-state index contributed by atoms with van der Waals surface area (Å²) in [5, 5.41) is 17.7. The first-order chi connectivity index (χ1) is 20.5. The number of halogens is 3. The highest BCUT2D eigenvalue weighted by atomic mass is 127. The molecule has 3 aromatic rings. The Labute approximate surface area is 266 Å². The summed E-state index contributed by atoms with van der Waals surface area (Å²) in [4.78, 5) is 28.7. The first-order valence-electron chi connectivity index (χ1n) is 14.9. The molecule has 0 aromatic heterocycles. The second-order valence-corrected chi connectivity index (χ2v) is 12.7. The summed E-state index contributed by atoms with van der Waals surface area (Å²) in [5.74, 6) is -2.07. The van der Waals surface area contributed by atoms with E-state index in [2.05, 4.69) is 45.4 Å². The predicted molar refractivity (Wildman–Crippen MR) is 173 cm³/mol. The standard InChI is InChI=1S/C34H40F2IN3O3/c1-4-11-40(12-5-2)33(43)25-14-22(3)13-24(18-25)32(42)39-30(17-23-15-27(35)20-28(36)16-23)31(41)21-38-34(9-10-34)26-7-6-8-29(37)19-26/h6-8,13-16,18-20,30-31,38,41H,4-5,9-12,17,21H2,1-3H3,(H,39,42)/t30-,31+/m0/s1. The van der Waals surface area contributed by atoms with Crippen LogP contribution in [0, 0.1) is 22.1 Å². The van der Waals surface area contributed by atoms with E-state index in [0.717, 1.165) is 46.4 Å². The minimum atomic E-state index is -1.06. The van der Waals surface area contributed by atoms with E-state index < -0.39 is 29.7 Å². The minimum Gasteiger partial charge on any atom is -0.390 e. The fourth-order valence-corrected chi connectivity index (χ4v) is 6.06. The number of carbonyl (C=O) groups excluding carboxylic acids is 2. The molecule has 2 atom stereocenters. The molecule has 1 aliphatic rings. The minimum absolute atomic E-state index is 0.0118. The monoisotopic (exact) mass is 703 g/mol. The molecule has 3 N–H and O–H groups in total. The van der Waals surface area contributed by atoms with E-state index in [-0.39, 0.29) is 30.0 Å². The van der Waals surface area contributed by atoms with E-state index in [1.54, 1.807) is 23.1 Å². The molecule has 6 nitrogen and oxygen atoms in total. The molecule has 9 heteroatoms. The average Bonchev–Trinajstić information content (AvgIpc) is 3.75. The number of aliphatic hydroxyl groups excluding tert-OH is 1. The highest BCUT2D eigenvalue weighted by molar-refractivity contribution is 14.1. The van der Waals surface area contributed by atoms with Crippen molar-refractivity contribution in [2.45, 2.75) is 70.6 Å². The molecule has 0 saturated heterocycles. The highest BCUT2D eigenvalue weighted by Gasteiger charge is 2.44. The second kappa shape index (κ2) is 14.7. The molecular weight excluding hydrogens is 663 g/mol. The van der Waals surface area contributed by atoms with Crippen LogP contribution in [0.2, 0.25) is 0 Å².